The van der Waals surface area contributed by atoms with Crippen LogP contribution in [0.15, 0.2) is 18.2 Å². The molecule has 8 heteroatoms. The van der Waals surface area contributed by atoms with Gasteiger partial charge in [0.2, 0.25) is 5.75 Å². The van der Waals surface area contributed by atoms with Gasteiger partial charge >= 0.3 is 5.69 Å². The van der Waals surface area contributed by atoms with E-state index in [0.29, 0.717) is 0 Å². The molecule has 0 aliphatic carbocycles. The average Bonchev–Trinajstić information content (AvgIpc) is 2.35. The molecule has 0 bridgehead atoms. The number of carbonyl (C=O) groups excluding carboxylic acids is 1. The van der Waals surface area contributed by atoms with Crippen molar-refractivity contribution in [3.8, 4) is 5.75 Å². The zero-order valence-corrected chi connectivity index (χ0v) is 10.4. The lowest BCUT2D eigenvalue weighted by Crippen LogP contribution is -2.45. The smallest absolute Gasteiger partial charge is 0.314 e. The third-order valence-electron chi connectivity index (χ3n) is 2.39. The van der Waals surface area contributed by atoms with Crippen LogP contribution in [0, 0.1) is 21.8 Å². The van der Waals surface area contributed by atoms with Crippen LogP contribution in [-0.2, 0) is 4.79 Å². The Morgan fingerprint density at radius 2 is 2.16 bits per heavy atom. The normalized spacial score (nSPS) is 12.1. The molecule has 0 heterocycles. The summed E-state index contributed by atoms with van der Waals surface area (Å²) in [6, 6.07) is 3.30. The molecule has 3 N–H and O–H groups in total. The standard InChI is InChI=1S/C11H14FN3O4/c1-6(2)9(11(16)14-13)19-10-7(12)4-3-5-8(10)15(17)18/h3-6,9H,13H2,1-2H3,(H,14,16). The van der Waals surface area contributed by atoms with Gasteiger partial charge in [-0.2, -0.15) is 0 Å². The van der Waals surface area contributed by atoms with Crippen LogP contribution in [0.3, 0.4) is 0 Å². The van der Waals surface area contributed by atoms with Crippen LogP contribution in [0.5, 0.6) is 5.75 Å². The molecule has 1 aromatic carbocycles. The number of hydrogen-bond acceptors (Lipinski definition) is 5. The van der Waals surface area contributed by atoms with E-state index in [1.54, 1.807) is 13.8 Å². The number of rotatable bonds is 5. The number of nitro groups is 1. The van der Waals surface area contributed by atoms with Crippen LogP contribution < -0.4 is 16.0 Å². The second-order valence-electron chi connectivity index (χ2n) is 4.14. The number of nitro benzene ring substituents is 1. The van der Waals surface area contributed by atoms with Gasteiger partial charge < -0.3 is 4.74 Å². The second kappa shape index (κ2) is 6.10. The van der Waals surface area contributed by atoms with Crippen LogP contribution in [-0.4, -0.2) is 16.9 Å². The van der Waals surface area contributed by atoms with E-state index in [-0.39, 0.29) is 5.92 Å². The molecule has 1 aromatic rings. The maximum atomic E-state index is 13.6. The van der Waals surface area contributed by atoms with E-state index in [1.807, 2.05) is 5.43 Å². The maximum absolute atomic E-state index is 13.6. The van der Waals surface area contributed by atoms with Gasteiger partial charge in [-0.05, 0) is 12.0 Å². The molecule has 0 aliphatic rings. The summed E-state index contributed by atoms with van der Waals surface area (Å²) in [5, 5.41) is 10.8. The van der Waals surface area contributed by atoms with Crippen molar-refractivity contribution in [2.45, 2.75) is 20.0 Å². The highest BCUT2D eigenvalue weighted by Crippen LogP contribution is 2.31. The lowest BCUT2D eigenvalue weighted by Gasteiger charge is -2.20. The zero-order valence-electron chi connectivity index (χ0n) is 10.4. The SMILES string of the molecule is CC(C)C(Oc1c(F)cccc1[N+](=O)[O-])C(=O)NN. The van der Waals surface area contributed by atoms with E-state index in [9.17, 15) is 19.3 Å². The Bertz CT molecular complexity index is 493. The average molecular weight is 271 g/mol. The fourth-order valence-electron chi connectivity index (χ4n) is 1.46. The van der Waals surface area contributed by atoms with E-state index in [2.05, 4.69) is 0 Å². The molecule has 0 saturated heterocycles. The molecule has 0 aromatic heterocycles. The Hall–Kier alpha value is -2.22. The Kier molecular flexibility index (Phi) is 4.76. The monoisotopic (exact) mass is 271 g/mol. The van der Waals surface area contributed by atoms with Gasteiger partial charge in [0.05, 0.1) is 4.92 Å². The number of nitrogens with zero attached hydrogens (tertiary/aromatic N) is 1. The number of carbonyl (C=O) groups is 1. The molecule has 7 nitrogen and oxygen atoms in total. The number of amides is 1. The summed E-state index contributed by atoms with van der Waals surface area (Å²) in [7, 11) is 0. The molecule has 19 heavy (non-hydrogen) atoms. The third kappa shape index (κ3) is 3.38. The Morgan fingerprint density at radius 3 is 2.63 bits per heavy atom. The van der Waals surface area contributed by atoms with Gasteiger partial charge in [-0.1, -0.05) is 19.9 Å². The number of ether oxygens (including phenoxy) is 1. The second-order valence-corrected chi connectivity index (χ2v) is 4.14. The van der Waals surface area contributed by atoms with E-state index in [1.165, 1.54) is 6.07 Å². The molecular weight excluding hydrogens is 257 g/mol. The summed E-state index contributed by atoms with van der Waals surface area (Å²) < 4.78 is 18.8. The molecule has 0 saturated carbocycles. The van der Waals surface area contributed by atoms with Crippen molar-refractivity contribution in [2.24, 2.45) is 11.8 Å². The summed E-state index contributed by atoms with van der Waals surface area (Å²) >= 11 is 0. The van der Waals surface area contributed by atoms with Crippen molar-refractivity contribution in [3.05, 3.63) is 34.1 Å². The Morgan fingerprint density at radius 1 is 1.53 bits per heavy atom. The number of benzene rings is 1. The number of hydrazine groups is 1. The van der Waals surface area contributed by atoms with E-state index in [4.69, 9.17) is 10.6 Å². The minimum Gasteiger partial charge on any atom is -0.471 e. The molecule has 104 valence electrons. The van der Waals surface area contributed by atoms with Crippen LogP contribution in [0.4, 0.5) is 10.1 Å². The van der Waals surface area contributed by atoms with Crippen molar-refractivity contribution in [3.63, 3.8) is 0 Å². The van der Waals surface area contributed by atoms with Gasteiger partial charge in [0, 0.05) is 6.07 Å². The highest BCUT2D eigenvalue weighted by molar-refractivity contribution is 5.80. The zero-order chi connectivity index (χ0) is 14.6. The van der Waals surface area contributed by atoms with E-state index < -0.39 is 34.2 Å². The lowest BCUT2D eigenvalue weighted by molar-refractivity contribution is -0.386. The number of para-hydroxylation sites is 1. The molecule has 1 rings (SSSR count). The van der Waals surface area contributed by atoms with Crippen LogP contribution in [0.1, 0.15) is 13.8 Å². The minimum absolute atomic E-state index is 0.345. The Labute approximate surface area is 108 Å². The fraction of sp³-hybridized carbons (Fsp3) is 0.364. The van der Waals surface area contributed by atoms with Gasteiger partial charge in [-0.3, -0.25) is 20.3 Å². The van der Waals surface area contributed by atoms with Crippen molar-refractivity contribution >= 4 is 11.6 Å². The summed E-state index contributed by atoms with van der Waals surface area (Å²) in [6.07, 6.45) is -1.12. The predicted molar refractivity (Wildman–Crippen MR) is 64.6 cm³/mol. The predicted octanol–water partition coefficient (Wildman–Crippen LogP) is 1.13. The minimum atomic E-state index is -1.12. The summed E-state index contributed by atoms with van der Waals surface area (Å²) in [4.78, 5) is 21.5. The maximum Gasteiger partial charge on any atom is 0.314 e. The van der Waals surface area contributed by atoms with Crippen molar-refractivity contribution in [1.82, 2.24) is 5.43 Å². The first-order valence-corrected chi connectivity index (χ1v) is 5.48. The van der Waals surface area contributed by atoms with Crippen LogP contribution >= 0.6 is 0 Å². The quantitative estimate of drug-likeness (QED) is 0.361. The molecule has 0 fully saturated rings. The summed E-state index contributed by atoms with van der Waals surface area (Å²) in [5.41, 5.74) is 1.33. The summed E-state index contributed by atoms with van der Waals surface area (Å²) in [5.74, 6) is 2.47. The summed E-state index contributed by atoms with van der Waals surface area (Å²) in [6.45, 7) is 3.29. The number of nitrogens with one attached hydrogen (secondary N) is 1. The first-order valence-electron chi connectivity index (χ1n) is 5.48. The fourth-order valence-corrected chi connectivity index (χ4v) is 1.46. The molecule has 0 spiro atoms. The highest BCUT2D eigenvalue weighted by Gasteiger charge is 2.29. The first-order chi connectivity index (χ1) is 8.88. The molecular formula is C11H14FN3O4. The van der Waals surface area contributed by atoms with E-state index in [0.717, 1.165) is 12.1 Å². The molecule has 1 amide bonds. The number of nitrogens with two attached hydrogens (primary N) is 1. The van der Waals surface area contributed by atoms with Gasteiger partial charge in [-0.25, -0.2) is 10.2 Å². The lowest BCUT2D eigenvalue weighted by atomic mass is 10.1. The molecule has 1 unspecified atom stereocenters. The third-order valence-corrected chi connectivity index (χ3v) is 2.39. The van der Waals surface area contributed by atoms with Gasteiger partial charge in [-0.15, -0.1) is 0 Å². The Balaban J connectivity index is 3.16. The molecule has 0 aliphatic heterocycles. The van der Waals surface area contributed by atoms with Crippen LogP contribution in [0.25, 0.3) is 0 Å². The van der Waals surface area contributed by atoms with E-state index >= 15 is 0 Å². The van der Waals surface area contributed by atoms with Crippen molar-refractivity contribution in [1.29, 1.82) is 0 Å². The molecule has 0 radical (unpaired) electrons. The van der Waals surface area contributed by atoms with Gasteiger partial charge in [0.15, 0.2) is 11.9 Å². The topological polar surface area (TPSA) is 107 Å². The number of halogens is 1. The van der Waals surface area contributed by atoms with Crippen molar-refractivity contribution in [2.75, 3.05) is 0 Å². The van der Waals surface area contributed by atoms with Crippen LogP contribution in [0.2, 0.25) is 0 Å². The highest BCUT2D eigenvalue weighted by atomic mass is 19.1. The molecule has 1 atom stereocenters. The van der Waals surface area contributed by atoms with Gasteiger partial charge in [0.25, 0.3) is 5.91 Å². The first kappa shape index (κ1) is 14.8. The van der Waals surface area contributed by atoms with Gasteiger partial charge in [0.1, 0.15) is 0 Å². The number of hydrogen-bond donors (Lipinski definition) is 2. The van der Waals surface area contributed by atoms with Crippen molar-refractivity contribution < 1.29 is 18.8 Å². The largest absolute Gasteiger partial charge is 0.471 e.